The molecule has 0 aromatic heterocycles. The molecule has 28 heavy (non-hydrogen) atoms. The molecule has 1 atom stereocenters. The van der Waals surface area contributed by atoms with E-state index in [-0.39, 0.29) is 42.3 Å². The third-order valence-electron chi connectivity index (χ3n) is 4.73. The molecule has 1 unspecified atom stereocenters. The number of rotatable bonds is 5. The van der Waals surface area contributed by atoms with Crippen LogP contribution in [0.5, 0.6) is 0 Å². The third kappa shape index (κ3) is 6.54. The molecule has 0 spiro atoms. The molecule has 2 amide bonds. The number of hydrogen-bond donors (Lipinski definition) is 3. The number of carbonyl (C=O) groups is 2. The van der Waals surface area contributed by atoms with Crippen LogP contribution in [0.1, 0.15) is 28.8 Å². The van der Waals surface area contributed by atoms with Gasteiger partial charge >= 0.3 is 0 Å². The molecule has 7 nitrogen and oxygen atoms in total. The Balaban J connectivity index is 0.00000280. The number of benzene rings is 1. The normalized spacial score (nSPS) is 19.6. The first kappa shape index (κ1) is 22.8. The molecule has 0 aliphatic carbocycles. The number of piperazine rings is 1. The lowest BCUT2D eigenvalue weighted by molar-refractivity contribution is -0.123. The standard InChI is InChI=1S/C19H27N5O2S.HI/c1-20-19(23-12-16-3-2-10-27-16)22-11-14-4-6-15(7-5-14)18(26)24-9-8-21-17(25)13-24;/h4-7,16H,2-3,8-13H2,1H3,(H,21,25)(H2,20,22,23);1H. The zero-order valence-electron chi connectivity index (χ0n) is 16.1. The van der Waals surface area contributed by atoms with Gasteiger partial charge in [0.25, 0.3) is 5.91 Å². The van der Waals surface area contributed by atoms with E-state index in [2.05, 4.69) is 20.9 Å². The number of carbonyl (C=O) groups excluding carboxylic acids is 2. The van der Waals surface area contributed by atoms with Crippen molar-refractivity contribution in [3.05, 3.63) is 35.4 Å². The number of nitrogens with one attached hydrogen (secondary N) is 3. The van der Waals surface area contributed by atoms with Crippen molar-refractivity contribution in [2.75, 3.05) is 39.0 Å². The van der Waals surface area contributed by atoms with Gasteiger partial charge in [-0.3, -0.25) is 14.6 Å². The molecule has 2 fully saturated rings. The van der Waals surface area contributed by atoms with Crippen molar-refractivity contribution in [2.45, 2.75) is 24.6 Å². The zero-order chi connectivity index (χ0) is 19.1. The minimum atomic E-state index is -0.106. The van der Waals surface area contributed by atoms with E-state index in [9.17, 15) is 9.59 Å². The number of thioether (sulfide) groups is 1. The molecule has 2 aliphatic rings. The Morgan fingerprint density at radius 1 is 1.32 bits per heavy atom. The first-order chi connectivity index (χ1) is 13.2. The lowest BCUT2D eigenvalue weighted by atomic mass is 10.1. The molecular weight excluding hydrogens is 489 g/mol. The summed E-state index contributed by atoms with van der Waals surface area (Å²) in [4.78, 5) is 29.8. The van der Waals surface area contributed by atoms with Gasteiger partial charge in [0.05, 0.1) is 6.54 Å². The van der Waals surface area contributed by atoms with Crippen molar-refractivity contribution in [2.24, 2.45) is 4.99 Å². The maximum atomic E-state index is 12.5. The molecule has 2 heterocycles. The van der Waals surface area contributed by atoms with Crippen LogP contribution in [0.4, 0.5) is 0 Å². The first-order valence-electron chi connectivity index (χ1n) is 9.37. The van der Waals surface area contributed by atoms with Crippen molar-refractivity contribution in [1.29, 1.82) is 0 Å². The molecule has 3 N–H and O–H groups in total. The number of nitrogens with zero attached hydrogens (tertiary/aromatic N) is 2. The predicted octanol–water partition coefficient (Wildman–Crippen LogP) is 1.44. The summed E-state index contributed by atoms with van der Waals surface area (Å²) in [6, 6.07) is 7.50. The van der Waals surface area contributed by atoms with Gasteiger partial charge in [-0.25, -0.2) is 0 Å². The van der Waals surface area contributed by atoms with Crippen LogP contribution < -0.4 is 16.0 Å². The van der Waals surface area contributed by atoms with E-state index < -0.39 is 0 Å². The van der Waals surface area contributed by atoms with Gasteiger partial charge in [0.2, 0.25) is 5.91 Å². The van der Waals surface area contributed by atoms with Crippen LogP contribution in [0, 0.1) is 0 Å². The molecule has 3 rings (SSSR count). The summed E-state index contributed by atoms with van der Waals surface area (Å²) >= 11 is 2.02. The molecule has 0 saturated carbocycles. The Hall–Kier alpha value is -1.49. The van der Waals surface area contributed by atoms with Crippen LogP contribution in [-0.2, 0) is 11.3 Å². The third-order valence-corrected chi connectivity index (χ3v) is 6.13. The van der Waals surface area contributed by atoms with E-state index in [0.717, 1.165) is 18.1 Å². The van der Waals surface area contributed by atoms with Gasteiger partial charge in [-0.05, 0) is 36.3 Å². The molecule has 1 aromatic rings. The highest BCUT2D eigenvalue weighted by Crippen LogP contribution is 2.25. The van der Waals surface area contributed by atoms with Crippen molar-refractivity contribution in [3.63, 3.8) is 0 Å². The number of hydrogen-bond acceptors (Lipinski definition) is 4. The maximum absolute atomic E-state index is 12.5. The topological polar surface area (TPSA) is 85.8 Å². The Labute approximate surface area is 187 Å². The second kappa shape index (κ2) is 11.5. The van der Waals surface area contributed by atoms with Crippen LogP contribution in [0.3, 0.4) is 0 Å². The number of guanidine groups is 1. The largest absolute Gasteiger partial charge is 0.355 e. The van der Waals surface area contributed by atoms with Crippen molar-refractivity contribution < 1.29 is 9.59 Å². The fraction of sp³-hybridized carbons (Fsp3) is 0.526. The molecule has 1 aromatic carbocycles. The van der Waals surface area contributed by atoms with Gasteiger partial charge in [0.1, 0.15) is 0 Å². The fourth-order valence-corrected chi connectivity index (χ4v) is 4.38. The molecule has 0 bridgehead atoms. The summed E-state index contributed by atoms with van der Waals surface area (Å²) in [5, 5.41) is 10.1. The lowest BCUT2D eigenvalue weighted by Gasteiger charge is -2.26. The van der Waals surface area contributed by atoms with E-state index in [4.69, 9.17) is 0 Å². The van der Waals surface area contributed by atoms with Crippen LogP contribution in [0.15, 0.2) is 29.3 Å². The molecule has 154 valence electrons. The molecular formula is C19H28IN5O2S. The quantitative estimate of drug-likeness (QED) is 0.313. The first-order valence-corrected chi connectivity index (χ1v) is 10.4. The lowest BCUT2D eigenvalue weighted by Crippen LogP contribution is -2.49. The smallest absolute Gasteiger partial charge is 0.254 e. The average Bonchev–Trinajstić information content (AvgIpc) is 3.21. The fourth-order valence-electron chi connectivity index (χ4n) is 3.18. The summed E-state index contributed by atoms with van der Waals surface area (Å²) in [7, 11) is 1.77. The van der Waals surface area contributed by atoms with E-state index >= 15 is 0 Å². The molecule has 9 heteroatoms. The number of amides is 2. The average molecular weight is 517 g/mol. The summed E-state index contributed by atoms with van der Waals surface area (Å²) < 4.78 is 0. The van der Waals surface area contributed by atoms with E-state index in [1.165, 1.54) is 18.6 Å². The Bertz CT molecular complexity index is 692. The SMILES string of the molecule is CN=C(NCc1ccc(C(=O)N2CCNC(=O)C2)cc1)NCC1CCCS1.I. The Morgan fingerprint density at radius 3 is 2.75 bits per heavy atom. The van der Waals surface area contributed by atoms with Gasteiger partial charge in [-0.2, -0.15) is 11.8 Å². The number of halogens is 1. The molecule has 0 radical (unpaired) electrons. The summed E-state index contributed by atoms with van der Waals surface area (Å²) in [6.07, 6.45) is 2.57. The second-order valence-electron chi connectivity index (χ2n) is 6.72. The van der Waals surface area contributed by atoms with Gasteiger partial charge in [0.15, 0.2) is 5.96 Å². The summed E-state index contributed by atoms with van der Waals surface area (Å²) in [5.74, 6) is 1.84. The monoisotopic (exact) mass is 517 g/mol. The highest BCUT2D eigenvalue weighted by molar-refractivity contribution is 14.0. The minimum Gasteiger partial charge on any atom is -0.355 e. The van der Waals surface area contributed by atoms with E-state index in [0.29, 0.717) is 30.4 Å². The van der Waals surface area contributed by atoms with Crippen molar-refractivity contribution in [1.82, 2.24) is 20.9 Å². The van der Waals surface area contributed by atoms with Crippen molar-refractivity contribution >= 4 is 53.5 Å². The Morgan fingerprint density at radius 2 is 2.11 bits per heavy atom. The van der Waals surface area contributed by atoms with Crippen molar-refractivity contribution in [3.8, 4) is 0 Å². The van der Waals surface area contributed by atoms with E-state index in [1.807, 2.05) is 36.0 Å². The van der Waals surface area contributed by atoms with Crippen LogP contribution >= 0.6 is 35.7 Å². The Kier molecular flexibility index (Phi) is 9.36. The van der Waals surface area contributed by atoms with Gasteiger partial charge in [-0.15, -0.1) is 24.0 Å². The highest BCUT2D eigenvalue weighted by atomic mass is 127. The summed E-state index contributed by atoms with van der Waals surface area (Å²) in [6.45, 7) is 2.76. The zero-order valence-corrected chi connectivity index (χ0v) is 19.2. The van der Waals surface area contributed by atoms with Gasteiger partial charge in [0, 0.05) is 44.0 Å². The minimum absolute atomic E-state index is 0. The molecule has 2 saturated heterocycles. The number of aliphatic imine (C=N–C) groups is 1. The second-order valence-corrected chi connectivity index (χ2v) is 8.12. The summed E-state index contributed by atoms with van der Waals surface area (Å²) in [5.41, 5.74) is 1.68. The molecule has 2 aliphatic heterocycles. The van der Waals surface area contributed by atoms with Crippen LogP contribution in [-0.4, -0.2) is 66.9 Å². The van der Waals surface area contributed by atoms with Crippen LogP contribution in [0.25, 0.3) is 0 Å². The highest BCUT2D eigenvalue weighted by Gasteiger charge is 2.22. The van der Waals surface area contributed by atoms with E-state index in [1.54, 1.807) is 11.9 Å². The van der Waals surface area contributed by atoms with Crippen LogP contribution in [0.2, 0.25) is 0 Å². The predicted molar refractivity (Wildman–Crippen MR) is 124 cm³/mol. The van der Waals surface area contributed by atoms with Gasteiger partial charge < -0.3 is 20.9 Å². The van der Waals surface area contributed by atoms with Gasteiger partial charge in [-0.1, -0.05) is 12.1 Å². The maximum Gasteiger partial charge on any atom is 0.254 e.